The number of alkyl halides is 1. The van der Waals surface area contributed by atoms with Gasteiger partial charge in [-0.15, -0.1) is 11.6 Å². The van der Waals surface area contributed by atoms with Crippen LogP contribution in [-0.2, 0) is 4.79 Å². The molecule has 0 bridgehead atoms. The highest BCUT2D eigenvalue weighted by atomic mass is 35.5. The van der Waals surface area contributed by atoms with Crippen LogP contribution in [0.3, 0.4) is 0 Å². The average molecular weight is 581 g/mol. The first-order valence-electron chi connectivity index (χ1n) is 15.6. The Kier molecular flexibility index (Phi) is 8.53. The summed E-state index contributed by atoms with van der Waals surface area (Å²) in [6.07, 6.45) is 8.48. The van der Waals surface area contributed by atoms with Crippen LogP contribution in [0.1, 0.15) is 44.9 Å². The standard InChI is InChI=1S/C29H50ClFN8O/c1-37-7-8-38-9-10-39(17-20(38)16-37)25-21(30)14-34-15-23(25)36-27(40)24(26(32)33)22-12-29-6-4-2-3-5-28(29,18-29)11-19(31)13-35-22/h11,20-26,34-35H,2-10,12-18,32-33H2,1H3,(H,36,40). The molecule has 0 aromatic rings. The number of carbonyl (C=O) groups excluding carboxylic acids is 1. The van der Waals surface area contributed by atoms with E-state index in [1.807, 2.05) is 6.08 Å². The van der Waals surface area contributed by atoms with Crippen molar-refractivity contribution in [1.82, 2.24) is 30.7 Å². The first-order valence-corrected chi connectivity index (χ1v) is 16.1. The number of rotatable bonds is 5. The van der Waals surface area contributed by atoms with Gasteiger partial charge in [-0.2, -0.15) is 0 Å². The lowest BCUT2D eigenvalue weighted by molar-refractivity contribution is -0.128. The van der Waals surface area contributed by atoms with Gasteiger partial charge < -0.3 is 32.3 Å². The van der Waals surface area contributed by atoms with Crippen molar-refractivity contribution in [2.45, 2.75) is 80.7 Å². The van der Waals surface area contributed by atoms with E-state index in [1.165, 1.54) is 6.42 Å². The third kappa shape index (κ3) is 5.60. The van der Waals surface area contributed by atoms with Gasteiger partial charge in [0.05, 0.1) is 23.5 Å². The van der Waals surface area contributed by atoms with Crippen molar-refractivity contribution in [3.05, 3.63) is 11.9 Å². The molecule has 1 amide bonds. The number of nitrogens with two attached hydrogens (primary N) is 2. The summed E-state index contributed by atoms with van der Waals surface area (Å²) in [7, 11) is 2.19. The molecular weight excluding hydrogens is 531 g/mol. The smallest absolute Gasteiger partial charge is 0.227 e. The predicted molar refractivity (Wildman–Crippen MR) is 156 cm³/mol. The molecule has 2 saturated carbocycles. The van der Waals surface area contributed by atoms with Gasteiger partial charge in [0.15, 0.2) is 0 Å². The summed E-state index contributed by atoms with van der Waals surface area (Å²) >= 11 is 6.97. The molecule has 0 aromatic carbocycles. The van der Waals surface area contributed by atoms with Crippen LogP contribution in [-0.4, -0.2) is 122 Å². The summed E-state index contributed by atoms with van der Waals surface area (Å²) in [5, 5.41) is 10.0. The Hall–Kier alpha value is -0.850. The van der Waals surface area contributed by atoms with Crippen molar-refractivity contribution in [2.75, 3.05) is 66.0 Å². The van der Waals surface area contributed by atoms with Crippen LogP contribution in [0.5, 0.6) is 0 Å². The maximum Gasteiger partial charge on any atom is 0.227 e. The molecule has 226 valence electrons. The van der Waals surface area contributed by atoms with E-state index in [9.17, 15) is 4.79 Å². The van der Waals surface area contributed by atoms with Crippen LogP contribution in [0.15, 0.2) is 11.9 Å². The normalized spacial score (nSPS) is 42.4. The number of allylic oxidation sites excluding steroid dienone is 1. The second-order valence-electron chi connectivity index (χ2n) is 13.8. The Morgan fingerprint density at radius 3 is 2.73 bits per heavy atom. The van der Waals surface area contributed by atoms with Gasteiger partial charge >= 0.3 is 0 Å². The second kappa shape index (κ2) is 11.7. The van der Waals surface area contributed by atoms with Crippen molar-refractivity contribution in [1.29, 1.82) is 0 Å². The lowest BCUT2D eigenvalue weighted by atomic mass is 9.78. The molecule has 0 radical (unpaired) electrons. The van der Waals surface area contributed by atoms with Crippen LogP contribution in [0.25, 0.3) is 0 Å². The zero-order chi connectivity index (χ0) is 28.1. The summed E-state index contributed by atoms with van der Waals surface area (Å²) in [6.45, 7) is 7.67. The van der Waals surface area contributed by atoms with E-state index in [0.717, 1.165) is 77.8 Å². The minimum atomic E-state index is -0.845. The van der Waals surface area contributed by atoms with Gasteiger partial charge in [-0.05, 0) is 49.6 Å². The Morgan fingerprint density at radius 2 is 1.90 bits per heavy atom. The monoisotopic (exact) mass is 580 g/mol. The van der Waals surface area contributed by atoms with Gasteiger partial charge in [0.25, 0.3) is 0 Å². The largest absolute Gasteiger partial charge is 0.350 e. The number of likely N-dealkylation sites (N-methyl/N-ethyl adjacent to an activating group) is 1. The molecule has 5 fully saturated rings. The number of piperidine rings is 1. The van der Waals surface area contributed by atoms with Gasteiger partial charge in [-0.25, -0.2) is 4.39 Å². The van der Waals surface area contributed by atoms with E-state index >= 15 is 4.39 Å². The Morgan fingerprint density at radius 1 is 1.12 bits per heavy atom. The summed E-state index contributed by atoms with van der Waals surface area (Å²) in [6, 6.07) is 0.0762. The Labute approximate surface area is 243 Å². The molecule has 4 aliphatic heterocycles. The predicted octanol–water partition coefficient (Wildman–Crippen LogP) is 0.398. The summed E-state index contributed by atoms with van der Waals surface area (Å²) in [4.78, 5) is 21.6. The quantitative estimate of drug-likeness (QED) is 0.235. The van der Waals surface area contributed by atoms with Crippen molar-refractivity contribution in [3.63, 3.8) is 0 Å². The zero-order valence-corrected chi connectivity index (χ0v) is 24.8. The number of amides is 1. The molecule has 8 unspecified atom stereocenters. The van der Waals surface area contributed by atoms with Gasteiger partial charge in [0.2, 0.25) is 5.91 Å². The molecular formula is C29H50ClFN8O. The zero-order valence-electron chi connectivity index (χ0n) is 24.1. The summed E-state index contributed by atoms with van der Waals surface area (Å²) < 4.78 is 15.1. The van der Waals surface area contributed by atoms with Crippen LogP contribution >= 0.6 is 11.6 Å². The van der Waals surface area contributed by atoms with Crippen molar-refractivity contribution in [2.24, 2.45) is 28.2 Å². The first-order chi connectivity index (χ1) is 19.2. The van der Waals surface area contributed by atoms with Gasteiger partial charge in [-0.3, -0.25) is 14.6 Å². The summed E-state index contributed by atoms with van der Waals surface area (Å²) in [5.41, 5.74) is 12.7. The summed E-state index contributed by atoms with van der Waals surface area (Å²) in [5.74, 6) is -0.915. The molecule has 9 nitrogen and oxygen atoms in total. The molecule has 11 heteroatoms. The number of fused-ring (bicyclic) bond motifs is 1. The van der Waals surface area contributed by atoms with E-state index in [2.05, 4.69) is 37.7 Å². The highest BCUT2D eigenvalue weighted by Gasteiger charge is 2.66. The van der Waals surface area contributed by atoms with E-state index in [4.69, 9.17) is 23.1 Å². The van der Waals surface area contributed by atoms with E-state index in [-0.39, 0.29) is 52.6 Å². The number of nitrogens with one attached hydrogen (secondary N) is 3. The molecule has 0 aromatic heterocycles. The number of hydrogen-bond donors (Lipinski definition) is 5. The number of piperazine rings is 2. The molecule has 7 N–H and O–H groups in total. The number of nitrogens with zero attached hydrogens (tertiary/aromatic N) is 3. The first kappa shape index (κ1) is 29.2. The average Bonchev–Trinajstić information content (AvgIpc) is 3.52. The number of hydrogen-bond acceptors (Lipinski definition) is 8. The number of halogens is 2. The van der Waals surface area contributed by atoms with Gasteiger partial charge in [0, 0.05) is 77.0 Å². The molecule has 4 heterocycles. The lowest BCUT2D eigenvalue weighted by Crippen LogP contribution is -2.70. The van der Waals surface area contributed by atoms with Crippen LogP contribution < -0.4 is 27.4 Å². The maximum atomic E-state index is 15.1. The van der Waals surface area contributed by atoms with Crippen LogP contribution in [0.4, 0.5) is 4.39 Å². The van der Waals surface area contributed by atoms with E-state index in [1.54, 1.807) is 0 Å². The van der Waals surface area contributed by atoms with Gasteiger partial charge in [-0.1, -0.05) is 19.3 Å². The molecule has 6 aliphatic rings. The molecule has 3 saturated heterocycles. The van der Waals surface area contributed by atoms with Crippen LogP contribution in [0.2, 0.25) is 0 Å². The molecule has 40 heavy (non-hydrogen) atoms. The third-order valence-corrected chi connectivity index (χ3v) is 11.7. The Bertz CT molecular complexity index is 970. The van der Waals surface area contributed by atoms with E-state index < -0.39 is 12.1 Å². The second-order valence-corrected chi connectivity index (χ2v) is 14.3. The highest BCUT2D eigenvalue weighted by molar-refractivity contribution is 6.21. The molecule has 2 aliphatic carbocycles. The molecule has 8 atom stereocenters. The fourth-order valence-electron chi connectivity index (χ4n) is 9.11. The van der Waals surface area contributed by atoms with Crippen molar-refractivity contribution < 1.29 is 9.18 Å². The minimum Gasteiger partial charge on any atom is -0.350 e. The van der Waals surface area contributed by atoms with Crippen LogP contribution in [0, 0.1) is 16.7 Å². The van der Waals surface area contributed by atoms with Crippen molar-refractivity contribution >= 4 is 17.5 Å². The SMILES string of the molecule is CN1CCN2CCN(C3C(Cl)CNCC3NC(=O)C(C(N)N)C3CC45CCCCCC4(C=C(F)CN3)C5)CC2C1. The number of carbonyl (C=O) groups is 1. The molecule has 0 spiro atoms. The molecule has 6 rings (SSSR count). The highest BCUT2D eigenvalue weighted by Crippen LogP contribution is 2.74. The Balaban J connectivity index is 1.18. The van der Waals surface area contributed by atoms with E-state index in [0.29, 0.717) is 19.1 Å². The topological polar surface area (TPSA) is 115 Å². The fourth-order valence-corrected chi connectivity index (χ4v) is 9.56. The maximum absolute atomic E-state index is 15.1. The van der Waals surface area contributed by atoms with Crippen molar-refractivity contribution in [3.8, 4) is 0 Å². The third-order valence-electron chi connectivity index (χ3n) is 11.3. The lowest BCUT2D eigenvalue weighted by Gasteiger charge is -2.51. The fraction of sp³-hybridized carbons (Fsp3) is 0.897. The van der Waals surface area contributed by atoms with Gasteiger partial charge in [0.1, 0.15) is 5.83 Å². The minimum absolute atomic E-state index is 0.0260.